The monoisotopic (exact) mass is 408 g/mol. The Labute approximate surface area is 163 Å². The highest BCUT2D eigenvalue weighted by Crippen LogP contribution is 2.29. The molecule has 0 atom stereocenters. The van der Waals surface area contributed by atoms with Crippen molar-refractivity contribution in [3.63, 3.8) is 0 Å². The fourth-order valence-electron chi connectivity index (χ4n) is 2.97. The van der Waals surface area contributed by atoms with E-state index in [0.717, 1.165) is 30.0 Å². The van der Waals surface area contributed by atoms with E-state index in [1.54, 1.807) is 0 Å². The number of sulfone groups is 1. The number of rotatable bonds is 8. The Morgan fingerprint density at radius 3 is 2.39 bits per heavy atom. The molecule has 1 amide bonds. The molecule has 0 bridgehead atoms. The van der Waals surface area contributed by atoms with Gasteiger partial charge in [0.2, 0.25) is 15.7 Å². The van der Waals surface area contributed by atoms with Crippen molar-refractivity contribution < 1.29 is 22.0 Å². The van der Waals surface area contributed by atoms with Crippen molar-refractivity contribution in [3.05, 3.63) is 59.7 Å². The molecule has 0 heterocycles. The summed E-state index contributed by atoms with van der Waals surface area (Å²) in [5.41, 5.74) is 2.10. The lowest BCUT2D eigenvalue weighted by Gasteiger charge is -2.22. The third-order valence-electron chi connectivity index (χ3n) is 4.62. The van der Waals surface area contributed by atoms with Crippen molar-refractivity contribution in [1.29, 1.82) is 0 Å². The molecule has 2 aromatic carbocycles. The number of alkyl halides is 2. The second-order valence-corrected chi connectivity index (χ2v) is 8.86. The molecular formula is C20H22F2N2O3S. The first-order valence-corrected chi connectivity index (χ1v) is 10.5. The lowest BCUT2D eigenvalue weighted by Crippen LogP contribution is -2.34. The molecule has 2 aromatic rings. The summed E-state index contributed by atoms with van der Waals surface area (Å²) in [5, 5.41) is 2.49. The average molecular weight is 408 g/mol. The van der Waals surface area contributed by atoms with Crippen LogP contribution in [0.15, 0.2) is 53.4 Å². The number of nitrogens with one attached hydrogen (secondary N) is 1. The minimum Gasteiger partial charge on any atom is -0.324 e. The number of carbonyl (C=O) groups excluding carboxylic acids is 1. The molecule has 8 heteroatoms. The van der Waals surface area contributed by atoms with Gasteiger partial charge in [0.1, 0.15) is 0 Å². The van der Waals surface area contributed by atoms with E-state index in [2.05, 4.69) is 5.32 Å². The standard InChI is InChI=1S/C20H22F2N2O3S/c1-14-6-8-15(9-7-14)12-24(16-10-11-16)13-19(25)23-17-4-2-3-5-18(17)28(26,27)20(21)22/h2-9,16,20H,10-13H2,1H3,(H,23,25). The van der Waals surface area contributed by atoms with Crippen LogP contribution in [-0.4, -0.2) is 37.6 Å². The average Bonchev–Trinajstić information content (AvgIpc) is 3.48. The molecule has 0 spiro atoms. The van der Waals surface area contributed by atoms with E-state index in [0.29, 0.717) is 12.6 Å². The van der Waals surface area contributed by atoms with Crippen LogP contribution in [0.25, 0.3) is 0 Å². The lowest BCUT2D eigenvalue weighted by atomic mass is 10.1. The summed E-state index contributed by atoms with van der Waals surface area (Å²) < 4.78 is 49.5. The Hall–Kier alpha value is -2.32. The summed E-state index contributed by atoms with van der Waals surface area (Å²) in [7, 11) is -4.80. The molecule has 0 saturated heterocycles. The molecule has 150 valence electrons. The summed E-state index contributed by atoms with van der Waals surface area (Å²) in [6.45, 7) is 2.65. The number of amides is 1. The number of halogens is 2. The van der Waals surface area contributed by atoms with Crippen LogP contribution in [0, 0.1) is 6.92 Å². The molecule has 0 radical (unpaired) electrons. The van der Waals surface area contributed by atoms with Gasteiger partial charge in [-0.2, -0.15) is 8.78 Å². The van der Waals surface area contributed by atoms with Crippen LogP contribution in [0.5, 0.6) is 0 Å². The third-order valence-corrected chi connectivity index (χ3v) is 6.06. The van der Waals surface area contributed by atoms with E-state index < -0.39 is 26.4 Å². The van der Waals surface area contributed by atoms with Gasteiger partial charge in [-0.15, -0.1) is 0 Å². The second kappa shape index (κ2) is 8.36. The van der Waals surface area contributed by atoms with Gasteiger partial charge in [0, 0.05) is 12.6 Å². The van der Waals surface area contributed by atoms with Gasteiger partial charge in [0.05, 0.1) is 17.1 Å². The molecule has 28 heavy (non-hydrogen) atoms. The van der Waals surface area contributed by atoms with Gasteiger partial charge in [0.25, 0.3) is 0 Å². The Kier molecular flexibility index (Phi) is 6.10. The normalized spacial score (nSPS) is 14.5. The summed E-state index contributed by atoms with van der Waals surface area (Å²) in [6, 6.07) is 13.5. The number of anilines is 1. The molecule has 3 rings (SSSR count). The third kappa shape index (κ3) is 4.94. The highest BCUT2D eigenvalue weighted by Gasteiger charge is 2.32. The van der Waals surface area contributed by atoms with Crippen molar-refractivity contribution >= 4 is 21.4 Å². The molecule has 0 unspecified atom stereocenters. The van der Waals surface area contributed by atoms with Crippen LogP contribution < -0.4 is 5.32 Å². The predicted octanol–water partition coefficient (Wildman–Crippen LogP) is 3.59. The highest BCUT2D eigenvalue weighted by molar-refractivity contribution is 7.91. The van der Waals surface area contributed by atoms with Crippen molar-refractivity contribution in [1.82, 2.24) is 4.90 Å². The fraction of sp³-hybridized carbons (Fsp3) is 0.350. The minimum absolute atomic E-state index is 0.0571. The number of benzene rings is 2. The molecule has 0 aliphatic heterocycles. The zero-order valence-corrected chi connectivity index (χ0v) is 16.3. The van der Waals surface area contributed by atoms with Crippen molar-refractivity contribution in [2.75, 3.05) is 11.9 Å². The van der Waals surface area contributed by atoms with Crippen LogP contribution in [-0.2, 0) is 21.2 Å². The number of hydrogen-bond donors (Lipinski definition) is 1. The van der Waals surface area contributed by atoms with E-state index in [1.807, 2.05) is 36.1 Å². The van der Waals surface area contributed by atoms with E-state index in [4.69, 9.17) is 0 Å². The quantitative estimate of drug-likeness (QED) is 0.725. The fourth-order valence-corrected chi connectivity index (χ4v) is 3.86. The number of hydrogen-bond acceptors (Lipinski definition) is 4. The van der Waals surface area contributed by atoms with Crippen LogP contribution in [0.2, 0.25) is 0 Å². The van der Waals surface area contributed by atoms with Crippen LogP contribution in [0.1, 0.15) is 24.0 Å². The summed E-state index contributed by atoms with van der Waals surface area (Å²) in [4.78, 5) is 14.0. The smallest absolute Gasteiger partial charge is 0.324 e. The molecule has 1 saturated carbocycles. The Balaban J connectivity index is 1.71. The molecule has 1 aliphatic rings. The maximum Gasteiger partial charge on any atom is 0.341 e. The molecule has 1 N–H and O–H groups in total. The molecule has 1 fully saturated rings. The number of carbonyl (C=O) groups is 1. The predicted molar refractivity (Wildman–Crippen MR) is 103 cm³/mol. The van der Waals surface area contributed by atoms with E-state index in [1.165, 1.54) is 18.2 Å². The first-order chi connectivity index (χ1) is 13.3. The van der Waals surface area contributed by atoms with E-state index >= 15 is 0 Å². The van der Waals surface area contributed by atoms with Gasteiger partial charge in [-0.3, -0.25) is 9.69 Å². The Morgan fingerprint density at radius 2 is 1.79 bits per heavy atom. The topological polar surface area (TPSA) is 66.5 Å². The van der Waals surface area contributed by atoms with Gasteiger partial charge >= 0.3 is 5.76 Å². The van der Waals surface area contributed by atoms with Crippen LogP contribution in [0.3, 0.4) is 0 Å². The molecular weight excluding hydrogens is 386 g/mol. The van der Waals surface area contributed by atoms with Gasteiger partial charge < -0.3 is 5.32 Å². The maximum absolute atomic E-state index is 12.9. The number of para-hydroxylation sites is 1. The summed E-state index contributed by atoms with van der Waals surface area (Å²) in [5.74, 6) is -3.98. The minimum atomic E-state index is -4.80. The van der Waals surface area contributed by atoms with Gasteiger partial charge in [-0.25, -0.2) is 8.42 Å². The van der Waals surface area contributed by atoms with Gasteiger partial charge in [-0.05, 0) is 37.5 Å². The SMILES string of the molecule is Cc1ccc(CN(CC(=O)Nc2ccccc2S(=O)(=O)C(F)F)C2CC2)cc1. The second-order valence-electron chi connectivity index (χ2n) is 6.97. The first kappa shape index (κ1) is 20.4. The number of nitrogens with zero attached hydrogens (tertiary/aromatic N) is 1. The maximum atomic E-state index is 12.9. The molecule has 0 aromatic heterocycles. The summed E-state index contributed by atoms with van der Waals surface area (Å²) >= 11 is 0. The van der Waals surface area contributed by atoms with E-state index in [-0.39, 0.29) is 12.2 Å². The Morgan fingerprint density at radius 1 is 1.14 bits per heavy atom. The van der Waals surface area contributed by atoms with Gasteiger partial charge in [-0.1, -0.05) is 42.0 Å². The van der Waals surface area contributed by atoms with Crippen molar-refractivity contribution in [3.8, 4) is 0 Å². The first-order valence-electron chi connectivity index (χ1n) is 8.98. The van der Waals surface area contributed by atoms with E-state index in [9.17, 15) is 22.0 Å². The van der Waals surface area contributed by atoms with Crippen LogP contribution >= 0.6 is 0 Å². The lowest BCUT2D eigenvalue weighted by molar-refractivity contribution is -0.117. The zero-order chi connectivity index (χ0) is 20.3. The van der Waals surface area contributed by atoms with Crippen LogP contribution in [0.4, 0.5) is 14.5 Å². The highest BCUT2D eigenvalue weighted by atomic mass is 32.2. The largest absolute Gasteiger partial charge is 0.341 e. The molecule has 5 nitrogen and oxygen atoms in total. The molecule has 1 aliphatic carbocycles. The van der Waals surface area contributed by atoms with Crippen molar-refractivity contribution in [2.24, 2.45) is 0 Å². The Bertz CT molecular complexity index is 942. The number of aryl methyl sites for hydroxylation is 1. The van der Waals surface area contributed by atoms with Crippen molar-refractivity contribution in [2.45, 2.75) is 43.0 Å². The van der Waals surface area contributed by atoms with Gasteiger partial charge in [0.15, 0.2) is 0 Å². The summed E-state index contributed by atoms with van der Waals surface area (Å²) in [6.07, 6.45) is 1.99. The zero-order valence-electron chi connectivity index (χ0n) is 15.4.